The summed E-state index contributed by atoms with van der Waals surface area (Å²) in [4.78, 5) is 15.6. The molecule has 1 heterocycles. The van der Waals surface area contributed by atoms with Crippen molar-refractivity contribution in [2.24, 2.45) is 0 Å². The fraction of sp³-hybridized carbons (Fsp3) is 0.0625. The number of methoxy groups -OCH3 is 1. The Morgan fingerprint density at radius 2 is 1.95 bits per heavy atom. The maximum absolute atomic E-state index is 14.0. The van der Waals surface area contributed by atoms with Crippen molar-refractivity contribution in [2.75, 3.05) is 7.11 Å². The first-order valence-electron chi connectivity index (χ1n) is 6.26. The molecule has 0 atom stereocenters. The van der Waals surface area contributed by atoms with E-state index in [2.05, 4.69) is 4.98 Å². The minimum absolute atomic E-state index is 0.0608. The molecule has 3 rings (SSSR count). The number of aromatic nitrogens is 1. The van der Waals surface area contributed by atoms with E-state index in [1.165, 1.54) is 19.2 Å². The Hall–Kier alpha value is -2.33. The average Bonchev–Trinajstić information content (AvgIpc) is 2.93. The summed E-state index contributed by atoms with van der Waals surface area (Å²) in [6.45, 7) is 0. The number of benzene rings is 2. The first-order valence-corrected chi connectivity index (χ1v) is 6.64. The van der Waals surface area contributed by atoms with Crippen LogP contribution in [0.25, 0.3) is 10.9 Å². The number of aromatic amines is 1. The molecule has 1 N–H and O–H groups in total. The van der Waals surface area contributed by atoms with E-state index >= 15 is 0 Å². The van der Waals surface area contributed by atoms with Crippen molar-refractivity contribution in [1.29, 1.82) is 0 Å². The van der Waals surface area contributed by atoms with Crippen LogP contribution in [-0.4, -0.2) is 17.9 Å². The van der Waals surface area contributed by atoms with Crippen molar-refractivity contribution in [3.8, 4) is 5.75 Å². The summed E-state index contributed by atoms with van der Waals surface area (Å²) in [7, 11) is 1.52. The quantitative estimate of drug-likeness (QED) is 0.737. The van der Waals surface area contributed by atoms with Gasteiger partial charge < -0.3 is 9.72 Å². The zero-order valence-corrected chi connectivity index (χ0v) is 11.9. The normalized spacial score (nSPS) is 10.8. The third-order valence-electron chi connectivity index (χ3n) is 3.33. The van der Waals surface area contributed by atoms with Crippen molar-refractivity contribution in [2.45, 2.75) is 0 Å². The smallest absolute Gasteiger partial charge is 0.198 e. The molecule has 0 radical (unpaired) electrons. The molecule has 5 heteroatoms. The molecular weight excluding hydrogens is 293 g/mol. The fourth-order valence-corrected chi connectivity index (χ4v) is 2.50. The lowest BCUT2D eigenvalue weighted by molar-refractivity contribution is 0.103. The number of hydrogen-bond donors (Lipinski definition) is 1. The van der Waals surface area contributed by atoms with Gasteiger partial charge >= 0.3 is 0 Å². The van der Waals surface area contributed by atoms with Crippen LogP contribution in [0.5, 0.6) is 5.75 Å². The highest BCUT2D eigenvalue weighted by Crippen LogP contribution is 2.31. The Kier molecular flexibility index (Phi) is 3.39. The molecule has 0 aliphatic heterocycles. The molecule has 3 aromatic rings. The van der Waals surface area contributed by atoms with Crippen LogP contribution in [-0.2, 0) is 0 Å². The van der Waals surface area contributed by atoms with Gasteiger partial charge in [0.1, 0.15) is 5.75 Å². The van der Waals surface area contributed by atoms with Crippen molar-refractivity contribution >= 4 is 28.3 Å². The summed E-state index contributed by atoms with van der Waals surface area (Å²) in [6.07, 6.45) is 1.55. The number of carbonyl (C=O) groups is 1. The number of fused-ring (bicyclic) bond motifs is 1. The van der Waals surface area contributed by atoms with Gasteiger partial charge in [0.05, 0.1) is 28.6 Å². The van der Waals surface area contributed by atoms with Gasteiger partial charge in [0.25, 0.3) is 0 Å². The number of carbonyl (C=O) groups excluding carboxylic acids is 1. The summed E-state index contributed by atoms with van der Waals surface area (Å²) in [5.41, 5.74) is 1.04. The topological polar surface area (TPSA) is 42.1 Å². The Bertz CT molecular complexity index is 841. The van der Waals surface area contributed by atoms with Gasteiger partial charge in [-0.15, -0.1) is 0 Å². The lowest BCUT2D eigenvalue weighted by Crippen LogP contribution is -2.04. The number of H-pyrrole nitrogens is 1. The Morgan fingerprint density at radius 3 is 2.71 bits per heavy atom. The van der Waals surface area contributed by atoms with Crippen LogP contribution in [0.15, 0.2) is 42.6 Å². The molecule has 106 valence electrons. The number of ketones is 1. The van der Waals surface area contributed by atoms with Crippen LogP contribution in [0, 0.1) is 5.82 Å². The predicted octanol–water partition coefficient (Wildman–Crippen LogP) is 4.20. The highest BCUT2D eigenvalue weighted by molar-refractivity contribution is 6.31. The molecule has 0 fully saturated rings. The molecule has 0 saturated heterocycles. The Labute approximate surface area is 125 Å². The predicted molar refractivity (Wildman–Crippen MR) is 79.7 cm³/mol. The molecule has 0 unspecified atom stereocenters. The summed E-state index contributed by atoms with van der Waals surface area (Å²) in [5.74, 6) is -0.598. The number of rotatable bonds is 3. The van der Waals surface area contributed by atoms with Crippen LogP contribution in [0.1, 0.15) is 15.9 Å². The van der Waals surface area contributed by atoms with Gasteiger partial charge in [-0.2, -0.15) is 0 Å². The Balaban J connectivity index is 2.21. The van der Waals surface area contributed by atoms with Crippen LogP contribution >= 0.6 is 11.6 Å². The number of ether oxygens (including phenoxy) is 1. The van der Waals surface area contributed by atoms with Gasteiger partial charge in [-0.3, -0.25) is 4.79 Å². The maximum atomic E-state index is 14.0. The van der Waals surface area contributed by atoms with Crippen LogP contribution in [0.4, 0.5) is 4.39 Å². The molecule has 0 spiro atoms. The third kappa shape index (κ3) is 2.17. The minimum atomic E-state index is -0.714. The van der Waals surface area contributed by atoms with E-state index in [1.54, 1.807) is 18.3 Å². The van der Waals surface area contributed by atoms with Gasteiger partial charge in [0.2, 0.25) is 0 Å². The molecule has 0 saturated carbocycles. The third-order valence-corrected chi connectivity index (χ3v) is 3.62. The maximum Gasteiger partial charge on any atom is 0.198 e. The van der Waals surface area contributed by atoms with E-state index in [4.69, 9.17) is 16.3 Å². The van der Waals surface area contributed by atoms with E-state index in [-0.39, 0.29) is 10.6 Å². The van der Waals surface area contributed by atoms with E-state index in [9.17, 15) is 9.18 Å². The summed E-state index contributed by atoms with van der Waals surface area (Å²) in [5, 5.41) is 0.553. The van der Waals surface area contributed by atoms with Crippen molar-refractivity contribution in [1.82, 2.24) is 4.98 Å². The van der Waals surface area contributed by atoms with Crippen LogP contribution in [0.3, 0.4) is 0 Å². The average molecular weight is 304 g/mol. The summed E-state index contributed by atoms with van der Waals surface area (Å²) in [6, 6.07) is 9.75. The molecule has 0 amide bonds. The molecule has 0 bridgehead atoms. The molecule has 0 aliphatic rings. The van der Waals surface area contributed by atoms with Gasteiger partial charge in [-0.25, -0.2) is 4.39 Å². The second kappa shape index (κ2) is 5.22. The number of halogens is 2. The van der Waals surface area contributed by atoms with Crippen molar-refractivity contribution < 1.29 is 13.9 Å². The largest absolute Gasteiger partial charge is 0.496 e. The standard InChI is InChI=1S/C16H11ClFNO2/c1-21-13-7-3-6-12-14(13)10(8-19-12)16(20)9-4-2-5-11(17)15(9)18/h2-8,19H,1H3. The Morgan fingerprint density at radius 1 is 1.19 bits per heavy atom. The lowest BCUT2D eigenvalue weighted by Gasteiger charge is -2.06. The van der Waals surface area contributed by atoms with Crippen molar-refractivity contribution in [3.05, 3.63) is 64.6 Å². The fourth-order valence-electron chi connectivity index (χ4n) is 2.32. The molecule has 2 aromatic carbocycles. The van der Waals surface area contributed by atoms with E-state index < -0.39 is 11.6 Å². The van der Waals surface area contributed by atoms with Crippen LogP contribution in [0.2, 0.25) is 5.02 Å². The number of hydrogen-bond acceptors (Lipinski definition) is 2. The second-order valence-corrected chi connectivity index (χ2v) is 4.92. The number of nitrogens with one attached hydrogen (secondary N) is 1. The zero-order chi connectivity index (χ0) is 15.0. The van der Waals surface area contributed by atoms with Crippen LogP contribution < -0.4 is 4.74 Å². The first-order chi connectivity index (χ1) is 10.1. The monoisotopic (exact) mass is 303 g/mol. The second-order valence-electron chi connectivity index (χ2n) is 4.52. The first kappa shape index (κ1) is 13.6. The lowest BCUT2D eigenvalue weighted by atomic mass is 10.0. The molecule has 0 aliphatic carbocycles. The molecular formula is C16H11ClFNO2. The highest BCUT2D eigenvalue weighted by Gasteiger charge is 2.20. The van der Waals surface area contributed by atoms with Gasteiger partial charge in [-0.05, 0) is 24.3 Å². The van der Waals surface area contributed by atoms with E-state index in [0.29, 0.717) is 16.7 Å². The highest BCUT2D eigenvalue weighted by atomic mass is 35.5. The minimum Gasteiger partial charge on any atom is -0.496 e. The van der Waals surface area contributed by atoms with Crippen molar-refractivity contribution in [3.63, 3.8) is 0 Å². The van der Waals surface area contributed by atoms with Gasteiger partial charge in [0, 0.05) is 11.7 Å². The summed E-state index contributed by atoms with van der Waals surface area (Å²) < 4.78 is 19.3. The zero-order valence-electron chi connectivity index (χ0n) is 11.1. The van der Waals surface area contributed by atoms with E-state index in [0.717, 1.165) is 5.52 Å². The van der Waals surface area contributed by atoms with Gasteiger partial charge in [-0.1, -0.05) is 23.7 Å². The molecule has 1 aromatic heterocycles. The molecule has 3 nitrogen and oxygen atoms in total. The van der Waals surface area contributed by atoms with E-state index in [1.807, 2.05) is 12.1 Å². The SMILES string of the molecule is COc1cccc2[nH]cc(C(=O)c3cccc(Cl)c3F)c12. The molecule has 21 heavy (non-hydrogen) atoms. The van der Waals surface area contributed by atoms with Gasteiger partial charge in [0.15, 0.2) is 11.6 Å². The summed E-state index contributed by atoms with van der Waals surface area (Å²) >= 11 is 5.74.